The van der Waals surface area contributed by atoms with Crippen LogP contribution < -0.4 is 5.56 Å². The Kier molecular flexibility index (Phi) is 7.18. The van der Waals surface area contributed by atoms with Crippen LogP contribution >= 0.6 is 35.7 Å². The molecule has 0 fully saturated rings. The van der Waals surface area contributed by atoms with Gasteiger partial charge in [-0.15, -0.1) is 30.1 Å². The second-order valence-electron chi connectivity index (χ2n) is 3.73. The molecule has 0 aliphatic heterocycles. The third kappa shape index (κ3) is 4.29. The largest absolute Gasteiger partial charge is 0.494 e. The maximum atomic E-state index is 12.0. The average molecular weight is 330 g/mol. The summed E-state index contributed by atoms with van der Waals surface area (Å²) in [6.07, 6.45) is 3.33. The minimum atomic E-state index is -0.376. The fraction of sp³-hybridized carbons (Fsp3) is 0.385. The van der Waals surface area contributed by atoms with Gasteiger partial charge >= 0.3 is 0 Å². The van der Waals surface area contributed by atoms with Crippen LogP contribution in [0.4, 0.5) is 0 Å². The van der Waals surface area contributed by atoms with Gasteiger partial charge in [0.15, 0.2) is 4.77 Å². The topological polar surface area (TPSA) is 58.0 Å². The lowest BCUT2D eigenvalue weighted by Gasteiger charge is -2.10. The first-order chi connectivity index (χ1) is 9.54. The molecule has 0 atom stereocenters. The molecule has 0 amide bonds. The molecule has 1 aromatic heterocycles. The van der Waals surface area contributed by atoms with Crippen LogP contribution in [0.15, 0.2) is 21.7 Å². The Bertz CT molecular complexity index is 609. The Morgan fingerprint density at radius 2 is 2.05 bits per heavy atom. The highest BCUT2D eigenvalue weighted by atomic mass is 32.2. The molecular formula is C13H18N2O2S3. The average Bonchev–Trinajstić information content (AvgIpc) is 2.40. The molecular weight excluding hydrogens is 312 g/mol. The van der Waals surface area contributed by atoms with Gasteiger partial charge in [0.2, 0.25) is 5.88 Å². The summed E-state index contributed by atoms with van der Waals surface area (Å²) in [6, 6.07) is 0. The molecule has 0 bridgehead atoms. The van der Waals surface area contributed by atoms with Gasteiger partial charge in [-0.1, -0.05) is 19.9 Å². The minimum absolute atomic E-state index is 0.121. The van der Waals surface area contributed by atoms with E-state index >= 15 is 0 Å². The fourth-order valence-electron chi connectivity index (χ4n) is 1.53. The summed E-state index contributed by atoms with van der Waals surface area (Å²) in [5.74, 6) is 1.69. The molecule has 0 aliphatic rings. The van der Waals surface area contributed by atoms with Gasteiger partial charge in [-0.3, -0.25) is 14.3 Å². The quantitative estimate of drug-likeness (QED) is 0.591. The summed E-state index contributed by atoms with van der Waals surface area (Å²) in [6.45, 7) is 8.05. The van der Waals surface area contributed by atoms with E-state index in [2.05, 4.69) is 11.6 Å². The van der Waals surface area contributed by atoms with Crippen LogP contribution in [0.3, 0.4) is 0 Å². The highest BCUT2D eigenvalue weighted by molar-refractivity contribution is 8.22. The molecule has 0 saturated carbocycles. The second kappa shape index (κ2) is 8.39. The van der Waals surface area contributed by atoms with E-state index in [-0.39, 0.29) is 21.8 Å². The first kappa shape index (κ1) is 17.1. The van der Waals surface area contributed by atoms with Crippen LogP contribution in [0.25, 0.3) is 6.08 Å². The number of thioether (sulfide) groups is 2. The highest BCUT2D eigenvalue weighted by Gasteiger charge is 2.11. The molecule has 4 nitrogen and oxygen atoms in total. The zero-order chi connectivity index (χ0) is 15.1. The predicted molar refractivity (Wildman–Crippen MR) is 92.0 cm³/mol. The maximum absolute atomic E-state index is 12.0. The molecule has 2 N–H and O–H groups in total. The van der Waals surface area contributed by atoms with E-state index < -0.39 is 0 Å². The molecule has 1 aromatic rings. The van der Waals surface area contributed by atoms with Crippen molar-refractivity contribution in [1.82, 2.24) is 9.55 Å². The summed E-state index contributed by atoms with van der Waals surface area (Å²) in [7, 11) is 0. The Hall–Kier alpha value is -0.920. The van der Waals surface area contributed by atoms with Gasteiger partial charge in [-0.2, -0.15) is 0 Å². The van der Waals surface area contributed by atoms with E-state index in [1.54, 1.807) is 35.7 Å². The summed E-state index contributed by atoms with van der Waals surface area (Å²) in [4.78, 5) is 14.6. The Morgan fingerprint density at radius 1 is 1.45 bits per heavy atom. The van der Waals surface area contributed by atoms with Crippen LogP contribution in [0, 0.1) is 4.77 Å². The third-order valence-electron chi connectivity index (χ3n) is 2.35. The van der Waals surface area contributed by atoms with Crippen LogP contribution in [0.5, 0.6) is 5.88 Å². The molecule has 0 saturated heterocycles. The van der Waals surface area contributed by atoms with Crippen molar-refractivity contribution in [3.63, 3.8) is 0 Å². The van der Waals surface area contributed by atoms with E-state index in [1.807, 2.05) is 13.8 Å². The number of nitrogens with one attached hydrogen (secondary N) is 1. The lowest BCUT2D eigenvalue weighted by molar-refractivity contribution is 0.412. The van der Waals surface area contributed by atoms with Gasteiger partial charge < -0.3 is 5.11 Å². The van der Waals surface area contributed by atoms with Crippen LogP contribution in [-0.4, -0.2) is 26.2 Å². The molecule has 0 aromatic carbocycles. The van der Waals surface area contributed by atoms with Crippen molar-refractivity contribution < 1.29 is 5.11 Å². The monoisotopic (exact) mass is 330 g/mol. The number of hydrogen-bond donors (Lipinski definition) is 2. The molecule has 1 heterocycles. The van der Waals surface area contributed by atoms with Crippen molar-refractivity contribution in [1.29, 1.82) is 0 Å². The number of H-pyrrole nitrogens is 1. The van der Waals surface area contributed by atoms with Gasteiger partial charge in [-0.05, 0) is 29.8 Å². The van der Waals surface area contributed by atoms with Crippen molar-refractivity contribution in [2.24, 2.45) is 0 Å². The first-order valence-electron chi connectivity index (χ1n) is 6.19. The van der Waals surface area contributed by atoms with Crippen molar-refractivity contribution >= 4 is 41.8 Å². The van der Waals surface area contributed by atoms with Crippen molar-refractivity contribution in [2.75, 3.05) is 11.5 Å². The Labute approximate surface area is 132 Å². The molecule has 20 heavy (non-hydrogen) atoms. The number of aromatic nitrogens is 2. The lowest BCUT2D eigenvalue weighted by Crippen LogP contribution is -2.16. The smallest absolute Gasteiger partial charge is 0.262 e. The molecule has 1 rings (SSSR count). The third-order valence-corrected chi connectivity index (χ3v) is 4.77. The van der Waals surface area contributed by atoms with Gasteiger partial charge in [0.25, 0.3) is 5.56 Å². The number of hydrogen-bond acceptors (Lipinski definition) is 5. The van der Waals surface area contributed by atoms with Crippen molar-refractivity contribution in [3.8, 4) is 5.88 Å². The van der Waals surface area contributed by atoms with Crippen molar-refractivity contribution in [3.05, 3.63) is 37.6 Å². The molecule has 7 heteroatoms. The van der Waals surface area contributed by atoms with Crippen LogP contribution in [-0.2, 0) is 6.54 Å². The summed E-state index contributed by atoms with van der Waals surface area (Å²) in [5, 5.41) is 10.2. The molecule has 0 radical (unpaired) electrons. The molecule has 0 spiro atoms. The molecule has 110 valence electrons. The summed E-state index contributed by atoms with van der Waals surface area (Å²) in [5.41, 5.74) is -0.143. The van der Waals surface area contributed by atoms with E-state index in [0.717, 1.165) is 15.7 Å². The van der Waals surface area contributed by atoms with Gasteiger partial charge in [0.1, 0.15) is 5.56 Å². The zero-order valence-electron chi connectivity index (χ0n) is 11.5. The summed E-state index contributed by atoms with van der Waals surface area (Å²) < 4.78 is 2.64. The standard InChI is InChI=1S/C13H18N2O2S3/c1-4-7-15-12(17)9(11(16)14-13(15)18)8-10(19-5-2)20-6-3/h4,8,17H,1,5-7H2,2-3H3,(H,14,16,18). The van der Waals surface area contributed by atoms with E-state index in [1.165, 1.54) is 4.57 Å². The number of aromatic amines is 1. The number of aromatic hydroxyl groups is 1. The Morgan fingerprint density at radius 3 is 2.55 bits per heavy atom. The summed E-state index contributed by atoms with van der Waals surface area (Å²) >= 11 is 8.32. The zero-order valence-corrected chi connectivity index (χ0v) is 14.0. The second-order valence-corrected chi connectivity index (χ2v) is 6.98. The molecule has 0 unspecified atom stereocenters. The van der Waals surface area contributed by atoms with Crippen LogP contribution in [0.2, 0.25) is 0 Å². The minimum Gasteiger partial charge on any atom is -0.494 e. The van der Waals surface area contributed by atoms with Gasteiger partial charge in [0, 0.05) is 10.8 Å². The number of nitrogens with zero attached hydrogens (tertiary/aromatic N) is 1. The van der Waals surface area contributed by atoms with E-state index in [9.17, 15) is 9.90 Å². The fourth-order valence-corrected chi connectivity index (χ4v) is 3.80. The van der Waals surface area contributed by atoms with E-state index in [0.29, 0.717) is 6.54 Å². The maximum Gasteiger partial charge on any atom is 0.262 e. The van der Waals surface area contributed by atoms with Crippen molar-refractivity contribution in [2.45, 2.75) is 20.4 Å². The molecule has 0 aliphatic carbocycles. The van der Waals surface area contributed by atoms with Gasteiger partial charge in [-0.25, -0.2) is 0 Å². The normalized spacial score (nSPS) is 10.3. The SMILES string of the molecule is C=CCn1c(O)c(C=C(SCC)SCC)c(=O)[nH]c1=S. The Balaban J connectivity index is 3.40. The van der Waals surface area contributed by atoms with E-state index in [4.69, 9.17) is 12.2 Å². The van der Waals surface area contributed by atoms with Gasteiger partial charge in [0.05, 0.1) is 0 Å². The first-order valence-corrected chi connectivity index (χ1v) is 8.57. The predicted octanol–water partition coefficient (Wildman–Crippen LogP) is 3.60. The number of allylic oxidation sites excluding steroid dienone is 1. The number of rotatable bonds is 7. The highest BCUT2D eigenvalue weighted by Crippen LogP contribution is 2.31. The lowest BCUT2D eigenvalue weighted by atomic mass is 10.3. The van der Waals surface area contributed by atoms with Crippen LogP contribution in [0.1, 0.15) is 19.4 Å².